The zero-order chi connectivity index (χ0) is 23.4. The number of hydrogen-bond acceptors (Lipinski definition) is 4. The first-order chi connectivity index (χ1) is 15.8. The lowest BCUT2D eigenvalue weighted by molar-refractivity contribution is -0.154. The Bertz CT molecular complexity index is 1200. The Balaban J connectivity index is 1.51. The number of allylic oxidation sites excluding steroid dienone is 2. The number of Topliss-reactive ketones (excluding diaryl/α,β-unsaturated/α-hetero) is 1. The minimum Gasteiger partial charge on any atom is -0.292 e. The van der Waals surface area contributed by atoms with Gasteiger partial charge >= 0.3 is 0 Å². The number of rotatable bonds is 5. The molecular formula is C24H17Cl2FN2O4. The molecule has 0 spiro atoms. The van der Waals surface area contributed by atoms with Crippen LogP contribution in [0.5, 0.6) is 0 Å². The molecule has 1 aliphatic heterocycles. The average molecular weight is 487 g/mol. The lowest BCUT2D eigenvalue weighted by Crippen LogP contribution is -2.52. The fourth-order valence-corrected chi connectivity index (χ4v) is 5.30. The highest BCUT2D eigenvalue weighted by Gasteiger charge is 2.61. The van der Waals surface area contributed by atoms with Gasteiger partial charge in [0.2, 0.25) is 0 Å². The Morgan fingerprint density at radius 1 is 0.909 bits per heavy atom. The maximum Gasteiger partial charge on any atom is 0.273 e. The summed E-state index contributed by atoms with van der Waals surface area (Å²) < 4.78 is 13.3. The summed E-state index contributed by atoms with van der Waals surface area (Å²) in [7, 11) is 0. The van der Waals surface area contributed by atoms with E-state index in [9.17, 15) is 23.6 Å². The van der Waals surface area contributed by atoms with E-state index in [4.69, 9.17) is 23.2 Å². The van der Waals surface area contributed by atoms with Gasteiger partial charge in [0.1, 0.15) is 12.4 Å². The summed E-state index contributed by atoms with van der Waals surface area (Å²) in [6, 6.07) is 8.96. The Morgan fingerprint density at radius 2 is 1.48 bits per heavy atom. The molecular weight excluding hydrogens is 470 g/mol. The molecule has 2 aromatic rings. The van der Waals surface area contributed by atoms with Crippen molar-refractivity contribution in [3.63, 3.8) is 0 Å². The van der Waals surface area contributed by atoms with Gasteiger partial charge in [-0.15, -0.1) is 0 Å². The first-order valence-electron chi connectivity index (χ1n) is 10.4. The minimum absolute atomic E-state index is 0.0591. The first kappa shape index (κ1) is 21.8. The maximum atomic E-state index is 13.5. The zero-order valence-electron chi connectivity index (χ0n) is 17.1. The number of ketones is 1. The molecule has 5 rings (SSSR count). The lowest BCUT2D eigenvalue weighted by atomic mass is 9.85. The molecule has 9 heteroatoms. The van der Waals surface area contributed by atoms with Gasteiger partial charge in [0.25, 0.3) is 17.7 Å². The van der Waals surface area contributed by atoms with Crippen molar-refractivity contribution in [2.75, 3.05) is 6.54 Å². The maximum absolute atomic E-state index is 13.5. The van der Waals surface area contributed by atoms with Gasteiger partial charge in [0, 0.05) is 11.1 Å². The molecule has 3 amide bonds. The van der Waals surface area contributed by atoms with Crippen LogP contribution in [0.15, 0.2) is 54.6 Å². The van der Waals surface area contributed by atoms with E-state index in [0.29, 0.717) is 0 Å². The van der Waals surface area contributed by atoms with E-state index in [2.05, 4.69) is 0 Å². The second kappa shape index (κ2) is 8.08. The molecule has 1 saturated carbocycles. The predicted molar refractivity (Wildman–Crippen MR) is 118 cm³/mol. The zero-order valence-corrected chi connectivity index (χ0v) is 18.6. The highest BCUT2D eigenvalue weighted by atomic mass is 35.5. The Kier molecular flexibility index (Phi) is 5.34. The van der Waals surface area contributed by atoms with Crippen molar-refractivity contribution in [3.05, 3.63) is 81.6 Å². The molecule has 2 aromatic carbocycles. The van der Waals surface area contributed by atoms with Crippen molar-refractivity contribution in [2.45, 2.75) is 6.42 Å². The van der Waals surface area contributed by atoms with Crippen LogP contribution < -0.4 is 0 Å². The molecule has 4 atom stereocenters. The molecule has 168 valence electrons. The number of carbonyl (C=O) groups excluding carboxylic acids is 4. The van der Waals surface area contributed by atoms with Crippen LogP contribution in [-0.2, 0) is 9.59 Å². The molecule has 2 fully saturated rings. The van der Waals surface area contributed by atoms with Gasteiger partial charge in [0.05, 0.1) is 21.9 Å². The third-order valence-corrected chi connectivity index (χ3v) is 7.29. The highest BCUT2D eigenvalue weighted by molar-refractivity contribution is 6.42. The Labute approximate surface area is 198 Å². The number of carbonyl (C=O) groups is 4. The third kappa shape index (κ3) is 3.56. The lowest BCUT2D eigenvalue weighted by Gasteiger charge is -2.31. The van der Waals surface area contributed by atoms with Crippen molar-refractivity contribution in [1.29, 1.82) is 0 Å². The van der Waals surface area contributed by atoms with Crippen LogP contribution in [-0.4, -0.2) is 40.1 Å². The fraction of sp³-hybridized carbons (Fsp3) is 0.250. The molecule has 0 aromatic heterocycles. The first-order valence-corrected chi connectivity index (χ1v) is 11.1. The molecule has 0 unspecified atom stereocenters. The number of hydrogen-bond donors (Lipinski definition) is 0. The second-order valence-corrected chi connectivity index (χ2v) is 9.22. The third-order valence-electron chi connectivity index (χ3n) is 6.55. The van der Waals surface area contributed by atoms with E-state index in [0.717, 1.165) is 28.6 Å². The molecule has 33 heavy (non-hydrogen) atoms. The van der Waals surface area contributed by atoms with Crippen molar-refractivity contribution < 1.29 is 23.6 Å². The Hall–Kier alpha value is -3.03. The van der Waals surface area contributed by atoms with Crippen molar-refractivity contribution in [1.82, 2.24) is 10.0 Å². The largest absolute Gasteiger partial charge is 0.292 e. The molecule has 0 radical (unpaired) electrons. The van der Waals surface area contributed by atoms with Gasteiger partial charge in [-0.25, -0.2) is 9.40 Å². The highest BCUT2D eigenvalue weighted by Crippen LogP contribution is 2.52. The van der Waals surface area contributed by atoms with Crippen molar-refractivity contribution in [3.8, 4) is 0 Å². The van der Waals surface area contributed by atoms with Crippen LogP contribution in [0, 0.1) is 29.5 Å². The van der Waals surface area contributed by atoms with Crippen LogP contribution in [0.2, 0.25) is 10.0 Å². The van der Waals surface area contributed by atoms with E-state index in [1.165, 1.54) is 30.3 Å². The summed E-state index contributed by atoms with van der Waals surface area (Å²) in [6.07, 6.45) is 4.61. The predicted octanol–water partition coefficient (Wildman–Crippen LogP) is 4.18. The van der Waals surface area contributed by atoms with E-state index in [-0.39, 0.29) is 33.0 Å². The monoisotopic (exact) mass is 486 g/mol. The summed E-state index contributed by atoms with van der Waals surface area (Å²) in [6.45, 7) is -0.579. The summed E-state index contributed by atoms with van der Waals surface area (Å²) in [4.78, 5) is 53.0. The fourth-order valence-electron chi connectivity index (χ4n) is 5.00. The SMILES string of the molecule is O=C(CN(C(=O)c1ccc(Cl)c(Cl)c1)N1C(=O)[C@H]2[C@H](C1=O)[C@H]1C=C[C@H]2C1)c1ccc(F)cc1. The molecule has 3 aliphatic rings. The molecule has 2 bridgehead atoms. The molecule has 2 aliphatic carbocycles. The normalized spacial score (nSPS) is 25.0. The topological polar surface area (TPSA) is 74.8 Å². The summed E-state index contributed by atoms with van der Waals surface area (Å²) in [5.74, 6) is -4.02. The average Bonchev–Trinajstić information content (AvgIpc) is 3.48. The van der Waals surface area contributed by atoms with Crippen LogP contribution in [0.25, 0.3) is 0 Å². The minimum atomic E-state index is -0.744. The number of imide groups is 1. The Morgan fingerprint density at radius 3 is 2.06 bits per heavy atom. The number of benzene rings is 2. The van der Waals surface area contributed by atoms with Crippen molar-refractivity contribution >= 4 is 46.7 Å². The van der Waals surface area contributed by atoms with Gasteiger partial charge in [-0.1, -0.05) is 35.4 Å². The quantitative estimate of drug-likeness (QED) is 0.361. The van der Waals surface area contributed by atoms with Crippen molar-refractivity contribution in [2.24, 2.45) is 23.7 Å². The molecule has 0 N–H and O–H groups in total. The second-order valence-electron chi connectivity index (χ2n) is 8.41. The number of fused-ring (bicyclic) bond motifs is 5. The van der Waals surface area contributed by atoms with E-state index in [1.807, 2.05) is 12.2 Å². The van der Waals surface area contributed by atoms with Gasteiger partial charge < -0.3 is 0 Å². The van der Waals surface area contributed by atoms with Crippen LogP contribution in [0.4, 0.5) is 4.39 Å². The van der Waals surface area contributed by atoms with Gasteiger partial charge in [0.15, 0.2) is 5.78 Å². The smallest absolute Gasteiger partial charge is 0.273 e. The van der Waals surface area contributed by atoms with Gasteiger partial charge in [-0.3, -0.25) is 19.2 Å². The number of amides is 3. The van der Waals surface area contributed by atoms with Gasteiger partial charge in [-0.05, 0) is 60.7 Å². The number of nitrogens with zero attached hydrogens (tertiary/aromatic N) is 2. The van der Waals surface area contributed by atoms with Gasteiger partial charge in [-0.2, -0.15) is 5.01 Å². The summed E-state index contributed by atoms with van der Waals surface area (Å²) >= 11 is 12.0. The molecule has 1 saturated heterocycles. The molecule has 6 nitrogen and oxygen atoms in total. The number of hydrazine groups is 1. The number of halogens is 3. The van der Waals surface area contributed by atoms with E-state index in [1.54, 1.807) is 0 Å². The summed E-state index contributed by atoms with van der Waals surface area (Å²) in [5, 5.41) is 2.03. The van der Waals surface area contributed by atoms with E-state index < -0.39 is 47.7 Å². The standard InChI is InChI=1S/C24H17Cl2FN2O4/c25-17-8-5-15(10-18(17)26)22(31)28(11-19(30)12-3-6-16(27)7-4-12)29-23(32)20-13-1-2-14(9-13)21(20)24(29)33/h1-8,10,13-14,20-21H,9,11H2/t13-,14-,20+,21+/m0/s1. The summed E-state index contributed by atoms with van der Waals surface area (Å²) in [5.41, 5.74) is 0.208. The van der Waals surface area contributed by atoms with Crippen LogP contribution in [0.3, 0.4) is 0 Å². The molecule has 1 heterocycles. The van der Waals surface area contributed by atoms with E-state index >= 15 is 0 Å². The van der Waals surface area contributed by atoms with Crippen LogP contribution >= 0.6 is 23.2 Å². The van der Waals surface area contributed by atoms with Crippen LogP contribution in [0.1, 0.15) is 27.1 Å².